The second-order valence-corrected chi connectivity index (χ2v) is 2.40. The van der Waals surface area contributed by atoms with Crippen LogP contribution in [-0.2, 0) is 0 Å². The molecule has 0 aliphatic heterocycles. The molecule has 0 unspecified atom stereocenters. The summed E-state index contributed by atoms with van der Waals surface area (Å²) >= 11 is 0. The van der Waals surface area contributed by atoms with Crippen molar-refractivity contribution in [2.75, 3.05) is 7.05 Å². The Bertz CT molecular complexity index is 266. The number of rotatable bonds is 2. The Hall–Kier alpha value is -1.31. The molecule has 11 heavy (non-hydrogen) atoms. The highest BCUT2D eigenvalue weighted by Gasteiger charge is 1.99. The Morgan fingerprint density at radius 3 is 2.91 bits per heavy atom. The van der Waals surface area contributed by atoms with Crippen molar-refractivity contribution < 1.29 is 0 Å². The van der Waals surface area contributed by atoms with Crippen molar-refractivity contribution in [2.45, 2.75) is 6.92 Å². The molecule has 2 nitrogen and oxygen atoms in total. The Labute approximate surface area is 67.0 Å². The van der Waals surface area contributed by atoms with Gasteiger partial charge in [-0.2, -0.15) is 0 Å². The first-order valence-electron chi connectivity index (χ1n) is 3.54. The van der Waals surface area contributed by atoms with Gasteiger partial charge in [0.25, 0.3) is 0 Å². The van der Waals surface area contributed by atoms with Crippen LogP contribution >= 0.6 is 0 Å². The summed E-state index contributed by atoms with van der Waals surface area (Å²) in [6.07, 6.45) is 1.77. The molecular formula is C9H12N2. The highest BCUT2D eigenvalue weighted by molar-refractivity contribution is 5.60. The van der Waals surface area contributed by atoms with Gasteiger partial charge in [-0.3, -0.25) is 4.98 Å². The molecule has 1 N–H and O–H groups in total. The maximum Gasteiger partial charge on any atom is 0.0883 e. The Morgan fingerprint density at radius 2 is 2.36 bits per heavy atom. The lowest BCUT2D eigenvalue weighted by Gasteiger charge is -2.05. The van der Waals surface area contributed by atoms with Gasteiger partial charge in [-0.15, -0.1) is 0 Å². The van der Waals surface area contributed by atoms with Gasteiger partial charge in [0.1, 0.15) is 0 Å². The second kappa shape index (κ2) is 3.19. The summed E-state index contributed by atoms with van der Waals surface area (Å²) in [7, 11) is 1.84. The van der Waals surface area contributed by atoms with Crippen LogP contribution in [0.15, 0.2) is 24.9 Å². The molecular weight excluding hydrogens is 136 g/mol. The minimum Gasteiger partial charge on any atom is -0.387 e. The average Bonchev–Trinajstić information content (AvgIpc) is 2.04. The lowest BCUT2D eigenvalue weighted by molar-refractivity contribution is 1.08. The SMILES string of the molecule is C=C(NC)c1ncccc1C. The monoisotopic (exact) mass is 148 g/mol. The van der Waals surface area contributed by atoms with Crippen LogP contribution in [0.4, 0.5) is 0 Å². The van der Waals surface area contributed by atoms with E-state index in [0.29, 0.717) is 0 Å². The van der Waals surface area contributed by atoms with Crippen molar-refractivity contribution in [3.8, 4) is 0 Å². The number of pyridine rings is 1. The molecule has 1 aromatic rings. The predicted octanol–water partition coefficient (Wildman–Crippen LogP) is 1.58. The zero-order chi connectivity index (χ0) is 8.27. The molecule has 1 rings (SSSR count). The van der Waals surface area contributed by atoms with E-state index in [1.807, 2.05) is 26.1 Å². The third kappa shape index (κ3) is 1.58. The van der Waals surface area contributed by atoms with E-state index >= 15 is 0 Å². The van der Waals surface area contributed by atoms with Crippen molar-refractivity contribution >= 4 is 5.70 Å². The molecule has 58 valence electrons. The Kier molecular flexibility index (Phi) is 2.26. The van der Waals surface area contributed by atoms with E-state index in [2.05, 4.69) is 16.9 Å². The number of hydrogen-bond acceptors (Lipinski definition) is 2. The summed E-state index contributed by atoms with van der Waals surface area (Å²) in [5.41, 5.74) is 2.95. The van der Waals surface area contributed by atoms with Crippen LogP contribution in [0.2, 0.25) is 0 Å². The summed E-state index contributed by atoms with van der Waals surface area (Å²) in [6.45, 7) is 5.85. The van der Waals surface area contributed by atoms with Crippen LogP contribution in [-0.4, -0.2) is 12.0 Å². The van der Waals surface area contributed by atoms with E-state index in [1.165, 1.54) is 0 Å². The topological polar surface area (TPSA) is 24.9 Å². The van der Waals surface area contributed by atoms with Crippen molar-refractivity contribution in [1.82, 2.24) is 10.3 Å². The maximum atomic E-state index is 4.19. The Morgan fingerprint density at radius 1 is 1.64 bits per heavy atom. The summed E-state index contributed by atoms with van der Waals surface area (Å²) in [4.78, 5) is 4.19. The third-order valence-electron chi connectivity index (χ3n) is 1.60. The molecule has 1 heterocycles. The van der Waals surface area contributed by atoms with Gasteiger partial charge in [0.15, 0.2) is 0 Å². The molecule has 2 heteroatoms. The predicted molar refractivity (Wildman–Crippen MR) is 47.1 cm³/mol. The smallest absolute Gasteiger partial charge is 0.0883 e. The van der Waals surface area contributed by atoms with Gasteiger partial charge in [0.2, 0.25) is 0 Å². The molecule has 1 aromatic heterocycles. The van der Waals surface area contributed by atoms with Crippen LogP contribution in [0.5, 0.6) is 0 Å². The average molecular weight is 148 g/mol. The van der Waals surface area contributed by atoms with Crippen LogP contribution in [0.1, 0.15) is 11.3 Å². The fourth-order valence-electron chi connectivity index (χ4n) is 0.920. The second-order valence-electron chi connectivity index (χ2n) is 2.40. The normalized spacial score (nSPS) is 9.27. The van der Waals surface area contributed by atoms with Crippen molar-refractivity contribution in [3.05, 3.63) is 36.2 Å². The van der Waals surface area contributed by atoms with E-state index in [4.69, 9.17) is 0 Å². The van der Waals surface area contributed by atoms with Crippen molar-refractivity contribution in [1.29, 1.82) is 0 Å². The van der Waals surface area contributed by atoms with E-state index in [-0.39, 0.29) is 0 Å². The molecule has 0 radical (unpaired) electrons. The first kappa shape index (κ1) is 7.79. The zero-order valence-corrected chi connectivity index (χ0v) is 6.89. The fraction of sp³-hybridized carbons (Fsp3) is 0.222. The molecule has 0 aliphatic carbocycles. The largest absolute Gasteiger partial charge is 0.387 e. The number of aryl methyl sites for hydroxylation is 1. The summed E-state index contributed by atoms with van der Waals surface area (Å²) in [5.74, 6) is 0. The fourth-order valence-corrected chi connectivity index (χ4v) is 0.920. The minimum atomic E-state index is 0.864. The first-order chi connectivity index (χ1) is 5.25. The van der Waals surface area contributed by atoms with Crippen LogP contribution in [0, 0.1) is 6.92 Å². The quantitative estimate of drug-likeness (QED) is 0.688. The molecule has 0 saturated carbocycles. The summed E-state index contributed by atoms with van der Waals surface area (Å²) < 4.78 is 0. The molecule has 0 aliphatic rings. The van der Waals surface area contributed by atoms with Gasteiger partial charge in [0.05, 0.1) is 11.4 Å². The molecule has 0 atom stereocenters. The van der Waals surface area contributed by atoms with Gasteiger partial charge in [-0.1, -0.05) is 12.6 Å². The van der Waals surface area contributed by atoms with Gasteiger partial charge < -0.3 is 5.32 Å². The van der Waals surface area contributed by atoms with Crippen molar-refractivity contribution in [3.63, 3.8) is 0 Å². The number of aromatic nitrogens is 1. The summed E-state index contributed by atoms with van der Waals surface area (Å²) in [6, 6.07) is 3.94. The maximum absolute atomic E-state index is 4.19. The van der Waals surface area contributed by atoms with E-state index in [0.717, 1.165) is 17.0 Å². The van der Waals surface area contributed by atoms with Gasteiger partial charge in [-0.25, -0.2) is 0 Å². The number of hydrogen-bond donors (Lipinski definition) is 1. The molecule has 0 spiro atoms. The van der Waals surface area contributed by atoms with E-state index < -0.39 is 0 Å². The molecule has 0 bridgehead atoms. The number of nitrogens with zero attached hydrogens (tertiary/aromatic N) is 1. The standard InChI is InChI=1S/C9H12N2/c1-7-5-4-6-11-9(7)8(2)10-3/h4-6,10H,2H2,1,3H3. The van der Waals surface area contributed by atoms with Crippen LogP contribution in [0.25, 0.3) is 5.70 Å². The molecule has 0 aromatic carbocycles. The molecule has 0 fully saturated rings. The zero-order valence-electron chi connectivity index (χ0n) is 6.89. The van der Waals surface area contributed by atoms with Gasteiger partial charge in [0, 0.05) is 13.2 Å². The summed E-state index contributed by atoms with van der Waals surface area (Å²) in [5, 5.41) is 2.97. The van der Waals surface area contributed by atoms with Crippen LogP contribution < -0.4 is 5.32 Å². The lowest BCUT2D eigenvalue weighted by atomic mass is 10.2. The van der Waals surface area contributed by atoms with E-state index in [1.54, 1.807) is 6.20 Å². The Balaban J connectivity index is 3.03. The highest BCUT2D eigenvalue weighted by Crippen LogP contribution is 2.09. The highest BCUT2D eigenvalue weighted by atomic mass is 14.9. The van der Waals surface area contributed by atoms with Crippen molar-refractivity contribution in [2.24, 2.45) is 0 Å². The number of nitrogens with one attached hydrogen (secondary N) is 1. The van der Waals surface area contributed by atoms with E-state index in [9.17, 15) is 0 Å². The first-order valence-corrected chi connectivity index (χ1v) is 3.54. The van der Waals surface area contributed by atoms with Gasteiger partial charge >= 0.3 is 0 Å². The van der Waals surface area contributed by atoms with Gasteiger partial charge in [-0.05, 0) is 18.6 Å². The third-order valence-corrected chi connectivity index (χ3v) is 1.60. The minimum absolute atomic E-state index is 0.864. The molecule has 0 amide bonds. The molecule has 0 saturated heterocycles. The lowest BCUT2D eigenvalue weighted by Crippen LogP contribution is -2.05. The van der Waals surface area contributed by atoms with Crippen LogP contribution in [0.3, 0.4) is 0 Å².